The number of carbonyl (C=O) groups is 2. The molecule has 2 N–H and O–H groups in total. The Hall–Kier alpha value is -4.65. The number of aromatic nitrogens is 2. The molecule has 0 saturated carbocycles. The third-order valence-corrected chi connectivity index (χ3v) is 10.8. The number of rotatable bonds is 11. The van der Waals surface area contributed by atoms with Crippen LogP contribution in [0.25, 0.3) is 22.0 Å². The summed E-state index contributed by atoms with van der Waals surface area (Å²) in [6.45, 7) is 5.65. The number of benzene rings is 4. The molecule has 5 aromatic rings. The number of nitrogens with zero attached hydrogens (tertiary/aromatic N) is 4. The Bertz CT molecular complexity index is 2170. The Morgan fingerprint density at radius 1 is 0.940 bits per heavy atom. The fourth-order valence-corrected chi connectivity index (χ4v) is 7.75. The second-order valence-corrected chi connectivity index (χ2v) is 14.8. The number of aliphatic hydroxyl groups is 1. The summed E-state index contributed by atoms with van der Waals surface area (Å²) in [6.07, 6.45) is 3.89. The van der Waals surface area contributed by atoms with E-state index in [1.54, 1.807) is 29.3 Å². The fraction of sp³-hybridized carbons (Fsp3) is 0.263. The molecule has 1 aliphatic rings. The molecule has 50 heavy (non-hydrogen) atoms. The average Bonchev–Trinajstić information content (AvgIpc) is 3.13. The molecule has 1 unspecified atom stereocenters. The first-order valence-electron chi connectivity index (χ1n) is 16.6. The minimum atomic E-state index is -4.26. The van der Waals surface area contributed by atoms with Crippen molar-refractivity contribution >= 4 is 54.5 Å². The van der Waals surface area contributed by atoms with E-state index >= 15 is 0 Å². The van der Waals surface area contributed by atoms with Gasteiger partial charge in [0.1, 0.15) is 0 Å². The summed E-state index contributed by atoms with van der Waals surface area (Å²) in [6, 6.07) is 23.8. The van der Waals surface area contributed by atoms with Crippen molar-refractivity contribution in [1.82, 2.24) is 19.6 Å². The van der Waals surface area contributed by atoms with Gasteiger partial charge in [-0.25, -0.2) is 23.1 Å². The van der Waals surface area contributed by atoms with E-state index in [9.17, 15) is 23.1 Å². The van der Waals surface area contributed by atoms with Crippen molar-refractivity contribution in [3.8, 4) is 11.3 Å². The molecule has 10 nitrogen and oxygen atoms in total. The third kappa shape index (κ3) is 7.28. The van der Waals surface area contributed by atoms with Gasteiger partial charge in [-0.2, -0.15) is 0 Å². The maximum absolute atomic E-state index is 14.6. The number of carbonyl (C=O) groups excluding carboxylic acids is 2. The molecule has 0 aliphatic carbocycles. The lowest BCUT2D eigenvalue weighted by Gasteiger charge is -2.36. The van der Waals surface area contributed by atoms with E-state index in [0.29, 0.717) is 33.5 Å². The molecule has 0 spiro atoms. The molecular weight excluding hydrogens is 718 g/mol. The van der Waals surface area contributed by atoms with E-state index in [1.807, 2.05) is 42.5 Å². The Morgan fingerprint density at radius 2 is 1.64 bits per heavy atom. The summed E-state index contributed by atoms with van der Waals surface area (Å²) in [5.41, 5.74) is 3.01. The number of nitrogens with one attached hydrogen (secondary N) is 1. The van der Waals surface area contributed by atoms with Crippen molar-refractivity contribution in [1.29, 1.82) is 0 Å². The van der Waals surface area contributed by atoms with Crippen LogP contribution >= 0.6 is 15.9 Å². The monoisotopic (exact) mass is 755 g/mol. The summed E-state index contributed by atoms with van der Waals surface area (Å²) < 4.78 is 29.5. The van der Waals surface area contributed by atoms with Gasteiger partial charge in [-0.1, -0.05) is 74.5 Å². The maximum atomic E-state index is 14.6. The van der Waals surface area contributed by atoms with E-state index in [2.05, 4.69) is 44.4 Å². The predicted octanol–water partition coefficient (Wildman–Crippen LogP) is 6.36. The smallest absolute Gasteiger partial charge is 0.265 e. The van der Waals surface area contributed by atoms with Crippen molar-refractivity contribution in [3.63, 3.8) is 0 Å². The highest BCUT2D eigenvalue weighted by Gasteiger charge is 2.32. The van der Waals surface area contributed by atoms with E-state index in [-0.39, 0.29) is 29.2 Å². The van der Waals surface area contributed by atoms with Crippen molar-refractivity contribution in [3.05, 3.63) is 118 Å². The molecule has 1 atom stereocenters. The molecule has 6 rings (SSSR count). The van der Waals surface area contributed by atoms with E-state index in [4.69, 9.17) is 4.98 Å². The first-order valence-corrected chi connectivity index (χ1v) is 18.9. The minimum Gasteiger partial charge on any atom is -0.394 e. The van der Waals surface area contributed by atoms with Crippen LogP contribution in [0.3, 0.4) is 0 Å². The van der Waals surface area contributed by atoms with Crippen LogP contribution in [0.2, 0.25) is 0 Å². The molecule has 258 valence electrons. The number of halogens is 1. The first-order chi connectivity index (χ1) is 24.1. The first kappa shape index (κ1) is 35.2. The zero-order valence-electron chi connectivity index (χ0n) is 27.8. The Kier molecular flexibility index (Phi) is 10.6. The Morgan fingerprint density at radius 3 is 2.36 bits per heavy atom. The zero-order chi connectivity index (χ0) is 35.4. The molecule has 0 radical (unpaired) electrons. The molecule has 0 saturated heterocycles. The number of fused-ring (bicyclic) bond motifs is 2. The van der Waals surface area contributed by atoms with Crippen LogP contribution in [-0.4, -0.2) is 65.9 Å². The van der Waals surface area contributed by atoms with Crippen LogP contribution in [0.5, 0.6) is 0 Å². The van der Waals surface area contributed by atoms with Gasteiger partial charge in [0.2, 0.25) is 5.95 Å². The summed E-state index contributed by atoms with van der Waals surface area (Å²) in [5, 5.41) is 12.0. The van der Waals surface area contributed by atoms with Crippen molar-refractivity contribution in [2.75, 3.05) is 24.6 Å². The topological polar surface area (TPSA) is 133 Å². The molecule has 1 aromatic heterocycles. The fourth-order valence-electron chi connectivity index (χ4n) is 6.34. The second kappa shape index (κ2) is 15.1. The van der Waals surface area contributed by atoms with Crippen molar-refractivity contribution < 1.29 is 23.1 Å². The number of hydrogen-bond acceptors (Lipinski definition) is 8. The SMILES string of the molecule is CCCN(CCC)c1ncc(Br)c(-c2ccc(C(=O)NS(=O)(=O)c3ccc4ccccc4c3)cc2C(=O)N2Cc3ccccc3CC2CO)n1. The van der Waals surface area contributed by atoms with Crippen LogP contribution in [0.4, 0.5) is 5.95 Å². The number of hydrogen-bond donors (Lipinski definition) is 2. The van der Waals surface area contributed by atoms with Gasteiger partial charge in [-0.15, -0.1) is 0 Å². The lowest BCUT2D eigenvalue weighted by molar-refractivity contribution is 0.0545. The van der Waals surface area contributed by atoms with Crippen LogP contribution in [0.15, 0.2) is 100 Å². The van der Waals surface area contributed by atoms with Gasteiger partial charge >= 0.3 is 0 Å². The Balaban J connectivity index is 1.42. The lowest BCUT2D eigenvalue weighted by atomic mass is 9.92. The molecular formula is C38H38BrN5O5S. The molecule has 0 bridgehead atoms. The van der Waals surface area contributed by atoms with Gasteiger partial charge in [-0.05, 0) is 81.4 Å². The van der Waals surface area contributed by atoms with Crippen LogP contribution < -0.4 is 9.62 Å². The summed E-state index contributed by atoms with van der Waals surface area (Å²) >= 11 is 3.58. The molecule has 4 aromatic carbocycles. The van der Waals surface area contributed by atoms with E-state index < -0.39 is 27.9 Å². The number of aliphatic hydroxyl groups excluding tert-OH is 1. The zero-order valence-corrected chi connectivity index (χ0v) is 30.2. The highest BCUT2D eigenvalue weighted by molar-refractivity contribution is 9.10. The van der Waals surface area contributed by atoms with Gasteiger partial charge in [-0.3, -0.25) is 9.59 Å². The average molecular weight is 757 g/mol. The summed E-state index contributed by atoms with van der Waals surface area (Å²) in [7, 11) is -4.26. The second-order valence-electron chi connectivity index (χ2n) is 12.3. The highest BCUT2D eigenvalue weighted by atomic mass is 79.9. The van der Waals surface area contributed by atoms with E-state index in [0.717, 1.165) is 42.4 Å². The standard InChI is InChI=1S/C38H38BrN5O5S/c1-3-17-43(18-4-2)38-40-22-34(39)35(41-38)32-16-14-28(36(46)42-50(48,49)31-15-13-25-9-5-6-11-27(25)20-31)21-33(32)37(47)44-23-29-12-8-7-10-26(29)19-30(44)24-45/h5-16,20-22,30,45H,3-4,17-19,23-24H2,1-2H3,(H,42,46). The quantitative estimate of drug-likeness (QED) is 0.159. The van der Waals surface area contributed by atoms with Crippen molar-refractivity contribution in [2.45, 2.75) is 50.6 Å². The van der Waals surface area contributed by atoms with Gasteiger partial charge in [0.25, 0.3) is 21.8 Å². The van der Waals surface area contributed by atoms with Crippen LogP contribution in [0, 0.1) is 0 Å². The molecule has 12 heteroatoms. The number of sulfonamides is 1. The highest BCUT2D eigenvalue weighted by Crippen LogP contribution is 2.34. The van der Waals surface area contributed by atoms with Gasteiger partial charge < -0.3 is 14.9 Å². The Labute approximate surface area is 300 Å². The lowest BCUT2D eigenvalue weighted by Crippen LogP contribution is -2.46. The normalized spacial score (nSPS) is 14.3. The minimum absolute atomic E-state index is 0.0246. The number of anilines is 1. The largest absolute Gasteiger partial charge is 0.394 e. The summed E-state index contributed by atoms with van der Waals surface area (Å²) in [4.78, 5) is 41.3. The number of amides is 2. The van der Waals surface area contributed by atoms with Gasteiger partial charge in [0.15, 0.2) is 0 Å². The molecule has 2 amide bonds. The molecule has 1 aliphatic heterocycles. The summed E-state index contributed by atoms with van der Waals surface area (Å²) in [5.74, 6) is -0.804. The van der Waals surface area contributed by atoms with E-state index in [1.165, 1.54) is 24.3 Å². The third-order valence-electron chi connectivity index (χ3n) is 8.85. The van der Waals surface area contributed by atoms with Crippen molar-refractivity contribution in [2.24, 2.45) is 0 Å². The maximum Gasteiger partial charge on any atom is 0.265 e. The van der Waals surface area contributed by atoms with Gasteiger partial charge in [0, 0.05) is 42.5 Å². The predicted molar refractivity (Wildman–Crippen MR) is 197 cm³/mol. The van der Waals surface area contributed by atoms with Crippen LogP contribution in [0.1, 0.15) is 58.5 Å². The van der Waals surface area contributed by atoms with Gasteiger partial charge in [0.05, 0.1) is 27.7 Å². The molecule has 0 fully saturated rings. The van der Waals surface area contributed by atoms with Crippen LogP contribution in [-0.2, 0) is 23.0 Å². The molecule has 2 heterocycles.